The average molecular weight is 395 g/mol. The number of anilines is 1. The van der Waals surface area contributed by atoms with E-state index < -0.39 is 6.08 Å². The van der Waals surface area contributed by atoms with Crippen molar-refractivity contribution in [3.63, 3.8) is 0 Å². The van der Waals surface area contributed by atoms with Crippen LogP contribution in [0.2, 0.25) is 0 Å². The van der Waals surface area contributed by atoms with Gasteiger partial charge in [0.1, 0.15) is 4.88 Å². The lowest BCUT2D eigenvalue weighted by atomic mass is 10.1. The van der Waals surface area contributed by atoms with Gasteiger partial charge in [0.05, 0.1) is 11.2 Å². The third-order valence-corrected chi connectivity index (χ3v) is 5.63. The van der Waals surface area contributed by atoms with Crippen molar-refractivity contribution < 1.29 is 13.9 Å². The molecule has 2 N–H and O–H groups in total. The number of pyridine rings is 1. The van der Waals surface area contributed by atoms with Gasteiger partial charge >= 0.3 is 6.08 Å². The van der Waals surface area contributed by atoms with E-state index in [-0.39, 0.29) is 17.8 Å². The molecule has 4 aromatic rings. The Morgan fingerprint density at radius 3 is 2.89 bits per heavy atom. The van der Waals surface area contributed by atoms with Crippen LogP contribution in [0.25, 0.3) is 21.0 Å². The van der Waals surface area contributed by atoms with Crippen LogP contribution in [0.1, 0.15) is 16.6 Å². The van der Waals surface area contributed by atoms with Gasteiger partial charge in [-0.15, -0.1) is 11.3 Å². The molecule has 0 aliphatic carbocycles. The first-order chi connectivity index (χ1) is 13.6. The molecule has 1 aliphatic heterocycles. The third-order valence-electron chi connectivity index (χ3n) is 4.48. The van der Waals surface area contributed by atoms with Gasteiger partial charge < -0.3 is 15.4 Å². The van der Waals surface area contributed by atoms with Crippen LogP contribution in [0.3, 0.4) is 0 Å². The number of carbonyl (C=O) groups is 1. The summed E-state index contributed by atoms with van der Waals surface area (Å²) in [6, 6.07) is 8.91. The van der Waals surface area contributed by atoms with Crippen LogP contribution in [-0.4, -0.2) is 33.4 Å². The Kier molecular flexibility index (Phi) is 3.83. The van der Waals surface area contributed by atoms with Crippen LogP contribution < -0.4 is 15.4 Å². The maximum absolute atomic E-state index is 13.2. The number of fused-ring (bicyclic) bond motifs is 5. The molecule has 1 amide bonds. The lowest BCUT2D eigenvalue weighted by Gasteiger charge is -2.10. The quantitative estimate of drug-likeness (QED) is 0.503. The molecule has 1 atom stereocenters. The van der Waals surface area contributed by atoms with E-state index in [1.54, 1.807) is 6.07 Å². The van der Waals surface area contributed by atoms with E-state index in [4.69, 9.17) is 4.74 Å². The van der Waals surface area contributed by atoms with Crippen LogP contribution in [0.4, 0.5) is 10.1 Å². The van der Waals surface area contributed by atoms with E-state index in [0.29, 0.717) is 22.8 Å². The van der Waals surface area contributed by atoms with Crippen molar-refractivity contribution in [2.75, 3.05) is 11.9 Å². The van der Waals surface area contributed by atoms with E-state index in [1.165, 1.54) is 23.6 Å². The Balaban J connectivity index is 1.62. The Morgan fingerprint density at radius 2 is 2.04 bits per heavy atom. The Labute approximate surface area is 162 Å². The third kappa shape index (κ3) is 2.80. The van der Waals surface area contributed by atoms with Gasteiger partial charge in [-0.1, -0.05) is 0 Å². The predicted molar refractivity (Wildman–Crippen MR) is 105 cm³/mol. The van der Waals surface area contributed by atoms with E-state index in [1.807, 2.05) is 25.1 Å². The largest absolute Gasteiger partial charge is 0.420 e. The van der Waals surface area contributed by atoms with Crippen molar-refractivity contribution in [1.82, 2.24) is 20.3 Å². The van der Waals surface area contributed by atoms with Gasteiger partial charge in [-0.2, -0.15) is 9.37 Å². The summed E-state index contributed by atoms with van der Waals surface area (Å²) in [6.07, 6.45) is 0.417. The zero-order valence-corrected chi connectivity index (χ0v) is 15.5. The number of nitrogens with zero attached hydrogens (tertiary/aromatic N) is 3. The highest BCUT2D eigenvalue weighted by atomic mass is 32.1. The minimum absolute atomic E-state index is 0.0449. The molecule has 140 valence electrons. The van der Waals surface area contributed by atoms with Crippen molar-refractivity contribution in [1.29, 1.82) is 0 Å². The highest BCUT2D eigenvalue weighted by molar-refractivity contribution is 7.21. The summed E-state index contributed by atoms with van der Waals surface area (Å²) < 4.78 is 19.7. The smallest absolute Gasteiger partial charge is 0.311 e. The molecule has 5 rings (SSSR count). The molecule has 0 saturated heterocycles. The van der Waals surface area contributed by atoms with E-state index in [9.17, 15) is 9.18 Å². The molecule has 9 heteroatoms. The van der Waals surface area contributed by atoms with E-state index in [0.717, 1.165) is 21.2 Å². The maximum Gasteiger partial charge on any atom is 0.311 e. The second-order valence-corrected chi connectivity index (χ2v) is 7.53. The summed E-state index contributed by atoms with van der Waals surface area (Å²) in [5.74, 6) is 0.309. The van der Waals surface area contributed by atoms with E-state index >= 15 is 0 Å². The average Bonchev–Trinajstić information content (AvgIpc) is 2.99. The lowest BCUT2D eigenvalue weighted by molar-refractivity contribution is 0.0949. The molecule has 1 aromatic carbocycles. The molecular weight excluding hydrogens is 381 g/mol. The molecule has 0 radical (unpaired) electrons. The molecule has 1 aliphatic rings. The van der Waals surface area contributed by atoms with Gasteiger partial charge in [0, 0.05) is 46.4 Å². The van der Waals surface area contributed by atoms with Gasteiger partial charge in [0.25, 0.3) is 5.91 Å². The highest BCUT2D eigenvalue weighted by Gasteiger charge is 2.24. The van der Waals surface area contributed by atoms with Crippen molar-refractivity contribution >= 4 is 43.9 Å². The van der Waals surface area contributed by atoms with Crippen molar-refractivity contribution in [3.05, 3.63) is 47.5 Å². The molecule has 0 bridgehead atoms. The Hall–Kier alpha value is -3.33. The standard InChI is InChI=1S/C19H14FN5O2S/c1-9-8-22-16-15-10-2-5-13(27-14-6-7-21-19(20)25-14)24-11(10)3-4-12(15)28-17(16)18(26)23-9/h2-7,9,22H,8H2,1H3,(H,23,26)/t9-/m0/s1. The van der Waals surface area contributed by atoms with Crippen LogP contribution in [-0.2, 0) is 0 Å². The number of hydrogen-bond acceptors (Lipinski definition) is 7. The molecule has 0 saturated carbocycles. The highest BCUT2D eigenvalue weighted by Crippen LogP contribution is 2.41. The molecule has 0 unspecified atom stereocenters. The number of halogens is 1. The van der Waals surface area contributed by atoms with Crippen LogP contribution in [0, 0.1) is 6.08 Å². The number of rotatable bonds is 2. The molecule has 0 spiro atoms. The number of thiophene rings is 1. The summed E-state index contributed by atoms with van der Waals surface area (Å²) in [5.41, 5.74) is 1.54. The predicted octanol–water partition coefficient (Wildman–Crippen LogP) is 3.71. The molecule has 4 heterocycles. The molecular formula is C19H14FN5O2S. The van der Waals surface area contributed by atoms with Crippen LogP contribution >= 0.6 is 11.3 Å². The minimum atomic E-state index is -0.862. The van der Waals surface area contributed by atoms with Crippen molar-refractivity contribution in [2.45, 2.75) is 13.0 Å². The molecule has 7 nitrogen and oxygen atoms in total. The fourth-order valence-corrected chi connectivity index (χ4v) is 4.35. The SMILES string of the molecule is C[C@H]1CNc2c(sc3ccc4nc(Oc5ccnc(F)n5)ccc4c23)C(=O)N1. The second-order valence-electron chi connectivity index (χ2n) is 6.48. The van der Waals surface area contributed by atoms with Gasteiger partial charge in [-0.05, 0) is 25.1 Å². The zero-order valence-electron chi connectivity index (χ0n) is 14.7. The number of hydrogen-bond donors (Lipinski definition) is 2. The number of ether oxygens (including phenoxy) is 1. The fraction of sp³-hybridized carbons (Fsp3) is 0.158. The van der Waals surface area contributed by atoms with Gasteiger partial charge in [-0.3, -0.25) is 4.79 Å². The van der Waals surface area contributed by atoms with Gasteiger partial charge in [0.15, 0.2) is 0 Å². The number of nitrogens with one attached hydrogen (secondary N) is 2. The number of aromatic nitrogens is 3. The molecule has 0 fully saturated rings. The molecule has 28 heavy (non-hydrogen) atoms. The van der Waals surface area contributed by atoms with Gasteiger partial charge in [-0.25, -0.2) is 9.97 Å². The number of benzene rings is 1. The summed E-state index contributed by atoms with van der Waals surface area (Å²) in [4.78, 5) is 24.6. The van der Waals surface area contributed by atoms with Gasteiger partial charge in [0.2, 0.25) is 11.8 Å². The number of carbonyl (C=O) groups excluding carboxylic acids is 1. The summed E-state index contributed by atoms with van der Waals surface area (Å²) in [7, 11) is 0. The minimum Gasteiger partial charge on any atom is -0.420 e. The summed E-state index contributed by atoms with van der Waals surface area (Å²) >= 11 is 1.45. The Morgan fingerprint density at radius 1 is 1.18 bits per heavy atom. The van der Waals surface area contributed by atoms with E-state index in [2.05, 4.69) is 25.6 Å². The van der Waals surface area contributed by atoms with Crippen LogP contribution in [0.5, 0.6) is 11.8 Å². The maximum atomic E-state index is 13.2. The lowest BCUT2D eigenvalue weighted by Crippen LogP contribution is -2.34. The van der Waals surface area contributed by atoms with Crippen molar-refractivity contribution in [3.8, 4) is 11.8 Å². The number of amides is 1. The first-order valence-corrected chi connectivity index (χ1v) is 9.47. The first kappa shape index (κ1) is 16.8. The fourth-order valence-electron chi connectivity index (χ4n) is 3.25. The zero-order chi connectivity index (χ0) is 19.3. The van der Waals surface area contributed by atoms with Crippen LogP contribution in [0.15, 0.2) is 36.5 Å². The first-order valence-electron chi connectivity index (χ1n) is 8.66. The normalized spacial score (nSPS) is 16.4. The second kappa shape index (κ2) is 6.38. The summed E-state index contributed by atoms with van der Waals surface area (Å²) in [6.45, 7) is 2.61. The Bertz CT molecular complexity index is 1240. The summed E-state index contributed by atoms with van der Waals surface area (Å²) in [5, 5.41) is 8.24. The monoisotopic (exact) mass is 395 g/mol. The molecule has 3 aromatic heterocycles. The van der Waals surface area contributed by atoms with Crippen molar-refractivity contribution in [2.24, 2.45) is 0 Å². The topological polar surface area (TPSA) is 89.0 Å².